The Morgan fingerprint density at radius 2 is 2.36 bits per heavy atom. The van der Waals surface area contributed by atoms with Crippen molar-refractivity contribution in [2.24, 2.45) is 0 Å². The predicted octanol–water partition coefficient (Wildman–Crippen LogP) is 1.76. The molecule has 0 unspecified atom stereocenters. The third kappa shape index (κ3) is 2.05. The normalized spacial score (nSPS) is 9.14. The fourth-order valence-corrected chi connectivity index (χ4v) is 1.06. The van der Waals surface area contributed by atoms with Gasteiger partial charge < -0.3 is 9.84 Å². The van der Waals surface area contributed by atoms with Crippen molar-refractivity contribution in [1.82, 2.24) is 0 Å². The van der Waals surface area contributed by atoms with Crippen LogP contribution in [0.15, 0.2) is 18.2 Å². The summed E-state index contributed by atoms with van der Waals surface area (Å²) in [6.07, 6.45) is 5.23. The highest BCUT2D eigenvalue weighted by Crippen LogP contribution is 2.19. The van der Waals surface area contributed by atoms with Crippen molar-refractivity contribution < 1.29 is 14.6 Å². The van der Waals surface area contributed by atoms with Gasteiger partial charge in [-0.2, -0.15) is 0 Å². The molecule has 1 rings (SSSR count). The maximum absolute atomic E-state index is 10.6. The van der Waals surface area contributed by atoms with Gasteiger partial charge in [-0.3, -0.25) is 0 Å². The lowest BCUT2D eigenvalue weighted by atomic mass is 10.1. The topological polar surface area (TPSA) is 46.5 Å². The summed E-state index contributed by atoms with van der Waals surface area (Å²) < 4.78 is 5.23. The molecule has 0 amide bonds. The van der Waals surface area contributed by atoms with Gasteiger partial charge >= 0.3 is 5.97 Å². The molecule has 3 nitrogen and oxygen atoms in total. The van der Waals surface area contributed by atoms with Gasteiger partial charge in [-0.05, 0) is 25.1 Å². The van der Waals surface area contributed by atoms with Crippen LogP contribution in [0.5, 0.6) is 5.75 Å². The largest absolute Gasteiger partial charge is 0.493 e. The van der Waals surface area contributed by atoms with Crippen LogP contribution >= 0.6 is 0 Å². The Kier molecular flexibility index (Phi) is 3.14. The number of carboxylic acid groups (broad SMARTS) is 1. The van der Waals surface area contributed by atoms with Gasteiger partial charge in [-0.15, -0.1) is 6.42 Å². The zero-order chi connectivity index (χ0) is 10.6. The van der Waals surface area contributed by atoms with Gasteiger partial charge in [0.2, 0.25) is 0 Å². The summed E-state index contributed by atoms with van der Waals surface area (Å²) in [5.41, 5.74) is 0.633. The highest BCUT2D eigenvalue weighted by Gasteiger charge is 2.07. The molecule has 0 aliphatic heterocycles. The van der Waals surface area contributed by atoms with Crippen molar-refractivity contribution in [2.75, 3.05) is 6.61 Å². The summed E-state index contributed by atoms with van der Waals surface area (Å²) >= 11 is 0. The van der Waals surface area contributed by atoms with Crippen LogP contribution in [0, 0.1) is 12.3 Å². The SMILES string of the molecule is C#Cc1cc(C(=O)O)ccc1OCC. The average molecular weight is 190 g/mol. The smallest absolute Gasteiger partial charge is 0.335 e. The van der Waals surface area contributed by atoms with Crippen molar-refractivity contribution >= 4 is 5.97 Å². The standard InChI is InChI=1S/C11H10O3/c1-3-8-7-9(11(12)13)5-6-10(8)14-4-2/h1,5-7H,4H2,2H3,(H,12,13). The summed E-state index contributed by atoms with van der Waals surface area (Å²) in [6.45, 7) is 2.34. The lowest BCUT2D eigenvalue weighted by Crippen LogP contribution is -1.99. The van der Waals surface area contributed by atoms with Crippen LogP contribution in [0.1, 0.15) is 22.8 Å². The lowest BCUT2D eigenvalue weighted by Gasteiger charge is -2.06. The highest BCUT2D eigenvalue weighted by molar-refractivity contribution is 5.88. The van der Waals surface area contributed by atoms with E-state index in [4.69, 9.17) is 16.3 Å². The fraction of sp³-hybridized carbons (Fsp3) is 0.182. The third-order valence-corrected chi connectivity index (χ3v) is 1.68. The van der Waals surface area contributed by atoms with Gasteiger partial charge in [0.15, 0.2) is 0 Å². The van der Waals surface area contributed by atoms with E-state index in [9.17, 15) is 4.79 Å². The van der Waals surface area contributed by atoms with E-state index >= 15 is 0 Å². The minimum absolute atomic E-state index is 0.168. The molecule has 0 atom stereocenters. The number of rotatable bonds is 3. The fourth-order valence-electron chi connectivity index (χ4n) is 1.06. The maximum Gasteiger partial charge on any atom is 0.335 e. The van der Waals surface area contributed by atoms with E-state index in [0.29, 0.717) is 17.9 Å². The first-order valence-corrected chi connectivity index (χ1v) is 4.15. The van der Waals surface area contributed by atoms with Gasteiger partial charge in [0.1, 0.15) is 5.75 Å². The van der Waals surface area contributed by atoms with Crippen LogP contribution in [-0.2, 0) is 0 Å². The van der Waals surface area contributed by atoms with Gasteiger partial charge in [-0.1, -0.05) is 5.92 Å². The van der Waals surface area contributed by atoms with Crippen LogP contribution in [0.4, 0.5) is 0 Å². The quantitative estimate of drug-likeness (QED) is 0.739. The summed E-state index contributed by atoms with van der Waals surface area (Å²) in [7, 11) is 0. The first-order valence-electron chi connectivity index (χ1n) is 4.15. The number of carbonyl (C=O) groups is 1. The summed E-state index contributed by atoms with van der Waals surface area (Å²) in [5.74, 6) is 1.93. The third-order valence-electron chi connectivity index (χ3n) is 1.68. The van der Waals surface area contributed by atoms with E-state index in [2.05, 4.69) is 5.92 Å². The van der Waals surface area contributed by atoms with Crippen LogP contribution in [0.2, 0.25) is 0 Å². The Balaban J connectivity index is 3.13. The molecule has 0 bridgehead atoms. The van der Waals surface area contributed by atoms with Gasteiger partial charge in [0.25, 0.3) is 0 Å². The number of aromatic carboxylic acids is 1. The molecule has 0 aliphatic carbocycles. The van der Waals surface area contributed by atoms with Crippen molar-refractivity contribution in [3.63, 3.8) is 0 Å². The Labute approximate surface area is 82.3 Å². The summed E-state index contributed by atoms with van der Waals surface area (Å²) in [4.78, 5) is 10.6. The van der Waals surface area contributed by atoms with Crippen molar-refractivity contribution in [2.45, 2.75) is 6.92 Å². The molecule has 0 aromatic heterocycles. The Morgan fingerprint density at radius 3 is 2.86 bits per heavy atom. The molecule has 0 saturated heterocycles. The summed E-state index contributed by atoms with van der Waals surface area (Å²) in [6, 6.07) is 4.46. The van der Waals surface area contributed by atoms with E-state index in [-0.39, 0.29) is 5.56 Å². The molecule has 1 aromatic carbocycles. The van der Waals surface area contributed by atoms with Gasteiger partial charge in [0, 0.05) is 0 Å². The number of ether oxygens (including phenoxy) is 1. The maximum atomic E-state index is 10.6. The minimum atomic E-state index is -0.996. The number of carboxylic acids is 1. The molecule has 0 heterocycles. The molecule has 72 valence electrons. The zero-order valence-electron chi connectivity index (χ0n) is 7.78. The predicted molar refractivity (Wildman–Crippen MR) is 52.5 cm³/mol. The molecular weight excluding hydrogens is 180 g/mol. The average Bonchev–Trinajstić information content (AvgIpc) is 2.18. The zero-order valence-corrected chi connectivity index (χ0v) is 7.78. The van der Waals surface area contributed by atoms with Crippen LogP contribution in [0.25, 0.3) is 0 Å². The molecule has 0 aliphatic rings. The molecule has 3 heteroatoms. The highest BCUT2D eigenvalue weighted by atomic mass is 16.5. The number of terminal acetylenes is 1. The van der Waals surface area contributed by atoms with E-state index in [1.54, 1.807) is 6.07 Å². The van der Waals surface area contributed by atoms with E-state index in [0.717, 1.165) is 0 Å². The van der Waals surface area contributed by atoms with Gasteiger partial charge in [0.05, 0.1) is 17.7 Å². The van der Waals surface area contributed by atoms with Crippen molar-refractivity contribution in [1.29, 1.82) is 0 Å². The molecular formula is C11H10O3. The molecule has 0 radical (unpaired) electrons. The molecule has 1 aromatic rings. The summed E-state index contributed by atoms with van der Waals surface area (Å²) in [5, 5.41) is 8.72. The molecule has 0 fully saturated rings. The van der Waals surface area contributed by atoms with Crippen molar-refractivity contribution in [3.05, 3.63) is 29.3 Å². The minimum Gasteiger partial charge on any atom is -0.493 e. The molecule has 1 N–H and O–H groups in total. The lowest BCUT2D eigenvalue weighted by molar-refractivity contribution is 0.0697. The van der Waals surface area contributed by atoms with E-state index in [1.165, 1.54) is 12.1 Å². The Bertz CT molecular complexity index is 388. The second-order valence-corrected chi connectivity index (χ2v) is 2.59. The Morgan fingerprint density at radius 1 is 1.64 bits per heavy atom. The van der Waals surface area contributed by atoms with Crippen molar-refractivity contribution in [3.8, 4) is 18.1 Å². The monoisotopic (exact) mass is 190 g/mol. The first-order chi connectivity index (χ1) is 6.69. The van der Waals surface area contributed by atoms with E-state index < -0.39 is 5.97 Å². The Hall–Kier alpha value is -1.95. The number of benzene rings is 1. The van der Waals surface area contributed by atoms with Crippen LogP contribution in [0.3, 0.4) is 0 Å². The van der Waals surface area contributed by atoms with Crippen LogP contribution < -0.4 is 4.74 Å². The molecule has 0 saturated carbocycles. The first kappa shape index (κ1) is 10.1. The second kappa shape index (κ2) is 4.33. The number of hydrogen-bond donors (Lipinski definition) is 1. The molecule has 0 spiro atoms. The second-order valence-electron chi connectivity index (χ2n) is 2.59. The molecule has 14 heavy (non-hydrogen) atoms. The van der Waals surface area contributed by atoms with E-state index in [1.807, 2.05) is 6.92 Å². The van der Waals surface area contributed by atoms with Gasteiger partial charge in [-0.25, -0.2) is 4.79 Å². The number of hydrogen-bond acceptors (Lipinski definition) is 2. The van der Waals surface area contributed by atoms with Crippen LogP contribution in [-0.4, -0.2) is 17.7 Å².